The summed E-state index contributed by atoms with van der Waals surface area (Å²) in [6.45, 7) is 4.32. The first-order valence-corrected chi connectivity index (χ1v) is 9.69. The quantitative estimate of drug-likeness (QED) is 0.492. The highest BCUT2D eigenvalue weighted by molar-refractivity contribution is 5.91. The SMILES string of the molecule is Cc1ccc(C)c(OCc2nc3ccccc3n2CC(=O)Nc2ccc(F)cc2)c1. The van der Waals surface area contributed by atoms with Gasteiger partial charge in [0.15, 0.2) is 0 Å². The largest absolute Gasteiger partial charge is 0.485 e. The summed E-state index contributed by atoms with van der Waals surface area (Å²) in [7, 11) is 0. The summed E-state index contributed by atoms with van der Waals surface area (Å²) in [4.78, 5) is 17.3. The second-order valence-electron chi connectivity index (χ2n) is 7.22. The Morgan fingerprint density at radius 1 is 1.07 bits per heavy atom. The van der Waals surface area contributed by atoms with Crippen molar-refractivity contribution in [3.05, 3.63) is 89.5 Å². The molecule has 0 aliphatic carbocycles. The second kappa shape index (κ2) is 8.37. The van der Waals surface area contributed by atoms with Crippen molar-refractivity contribution in [1.82, 2.24) is 9.55 Å². The minimum absolute atomic E-state index is 0.0728. The van der Waals surface area contributed by atoms with Gasteiger partial charge in [0.2, 0.25) is 5.91 Å². The van der Waals surface area contributed by atoms with E-state index < -0.39 is 0 Å². The van der Waals surface area contributed by atoms with E-state index in [1.165, 1.54) is 24.3 Å². The molecule has 0 radical (unpaired) electrons. The zero-order chi connectivity index (χ0) is 21.1. The Hall–Kier alpha value is -3.67. The number of carbonyl (C=O) groups is 1. The Labute approximate surface area is 174 Å². The first kappa shape index (κ1) is 19.6. The maximum absolute atomic E-state index is 13.1. The smallest absolute Gasteiger partial charge is 0.244 e. The predicted octanol–water partition coefficient (Wildman–Crippen LogP) is 5.01. The summed E-state index contributed by atoms with van der Waals surface area (Å²) in [6.07, 6.45) is 0. The number of aromatic nitrogens is 2. The number of para-hydroxylation sites is 2. The maximum atomic E-state index is 13.1. The molecule has 0 unspecified atom stereocenters. The fraction of sp³-hybridized carbons (Fsp3) is 0.167. The Kier molecular flexibility index (Phi) is 5.48. The summed E-state index contributed by atoms with van der Waals surface area (Å²) >= 11 is 0. The molecule has 0 spiro atoms. The van der Waals surface area contributed by atoms with E-state index >= 15 is 0 Å². The van der Waals surface area contributed by atoms with Crippen LogP contribution in [-0.2, 0) is 17.9 Å². The van der Waals surface area contributed by atoms with Crippen molar-refractivity contribution in [3.8, 4) is 5.75 Å². The van der Waals surface area contributed by atoms with Gasteiger partial charge < -0.3 is 14.6 Å². The molecule has 0 bridgehead atoms. The fourth-order valence-electron chi connectivity index (χ4n) is 3.29. The molecule has 0 aliphatic rings. The van der Waals surface area contributed by atoms with Crippen LogP contribution in [0.4, 0.5) is 10.1 Å². The molecule has 0 aliphatic heterocycles. The molecule has 4 aromatic rings. The third-order valence-electron chi connectivity index (χ3n) is 4.86. The van der Waals surface area contributed by atoms with Crippen molar-refractivity contribution < 1.29 is 13.9 Å². The van der Waals surface area contributed by atoms with Gasteiger partial charge >= 0.3 is 0 Å². The van der Waals surface area contributed by atoms with Gasteiger partial charge in [-0.15, -0.1) is 0 Å². The van der Waals surface area contributed by atoms with E-state index in [-0.39, 0.29) is 24.9 Å². The number of aryl methyl sites for hydroxylation is 2. The number of fused-ring (bicyclic) bond motifs is 1. The van der Waals surface area contributed by atoms with Crippen LogP contribution in [0.15, 0.2) is 66.7 Å². The minimum atomic E-state index is -0.348. The standard InChI is InChI=1S/C24H22FN3O2/c1-16-7-8-17(2)22(13-16)30-15-23-27-20-5-3-4-6-21(20)28(23)14-24(29)26-19-11-9-18(25)10-12-19/h3-13H,14-15H2,1-2H3,(H,26,29). The number of imidazole rings is 1. The molecule has 1 aromatic heterocycles. The number of hydrogen-bond donors (Lipinski definition) is 1. The average molecular weight is 403 g/mol. The van der Waals surface area contributed by atoms with E-state index in [0.717, 1.165) is 27.9 Å². The van der Waals surface area contributed by atoms with Crippen LogP contribution < -0.4 is 10.1 Å². The summed E-state index contributed by atoms with van der Waals surface area (Å²) in [5, 5.41) is 2.79. The monoisotopic (exact) mass is 403 g/mol. The number of anilines is 1. The van der Waals surface area contributed by atoms with Crippen LogP contribution in [0.25, 0.3) is 11.0 Å². The van der Waals surface area contributed by atoms with Gasteiger partial charge in [0.1, 0.15) is 30.5 Å². The number of hydrogen-bond acceptors (Lipinski definition) is 3. The molecule has 3 aromatic carbocycles. The average Bonchev–Trinajstić information content (AvgIpc) is 3.08. The Balaban J connectivity index is 1.57. The highest BCUT2D eigenvalue weighted by Gasteiger charge is 2.15. The summed E-state index contributed by atoms with van der Waals surface area (Å²) in [5.74, 6) is 0.882. The molecule has 1 amide bonds. The molecule has 6 heteroatoms. The van der Waals surface area contributed by atoms with Gasteiger partial charge in [0, 0.05) is 5.69 Å². The van der Waals surface area contributed by atoms with Crippen molar-refractivity contribution in [3.63, 3.8) is 0 Å². The lowest BCUT2D eigenvalue weighted by Crippen LogP contribution is -2.20. The third-order valence-corrected chi connectivity index (χ3v) is 4.86. The summed E-state index contributed by atoms with van der Waals surface area (Å²) in [5.41, 5.74) is 4.34. The maximum Gasteiger partial charge on any atom is 0.244 e. The highest BCUT2D eigenvalue weighted by atomic mass is 19.1. The zero-order valence-electron chi connectivity index (χ0n) is 16.9. The number of nitrogens with one attached hydrogen (secondary N) is 1. The van der Waals surface area contributed by atoms with Gasteiger partial charge in [0.25, 0.3) is 0 Å². The van der Waals surface area contributed by atoms with Gasteiger partial charge in [0.05, 0.1) is 11.0 Å². The van der Waals surface area contributed by atoms with E-state index in [1.54, 1.807) is 0 Å². The van der Waals surface area contributed by atoms with Crippen LogP contribution in [0.5, 0.6) is 5.75 Å². The van der Waals surface area contributed by atoms with Crippen molar-refractivity contribution in [2.75, 3.05) is 5.32 Å². The molecule has 152 valence electrons. The van der Waals surface area contributed by atoms with E-state index in [0.29, 0.717) is 11.5 Å². The number of ether oxygens (including phenoxy) is 1. The second-order valence-corrected chi connectivity index (χ2v) is 7.22. The molecule has 1 heterocycles. The predicted molar refractivity (Wildman–Crippen MR) is 115 cm³/mol. The molecular weight excluding hydrogens is 381 g/mol. The van der Waals surface area contributed by atoms with Gasteiger partial charge in [-0.05, 0) is 67.4 Å². The normalized spacial score (nSPS) is 10.9. The molecule has 30 heavy (non-hydrogen) atoms. The number of rotatable bonds is 6. The minimum Gasteiger partial charge on any atom is -0.485 e. The molecule has 1 N–H and O–H groups in total. The van der Waals surface area contributed by atoms with E-state index in [4.69, 9.17) is 4.74 Å². The van der Waals surface area contributed by atoms with Crippen LogP contribution in [0.1, 0.15) is 17.0 Å². The molecule has 0 saturated heterocycles. The first-order chi connectivity index (χ1) is 14.5. The van der Waals surface area contributed by atoms with Gasteiger partial charge in [-0.25, -0.2) is 9.37 Å². The summed E-state index contributed by atoms with van der Waals surface area (Å²) in [6, 6.07) is 19.4. The van der Waals surface area contributed by atoms with Crippen LogP contribution in [0.3, 0.4) is 0 Å². The molecule has 0 fully saturated rings. The molecule has 0 atom stereocenters. The number of carbonyl (C=O) groups excluding carboxylic acids is 1. The Bertz CT molecular complexity index is 1200. The summed E-state index contributed by atoms with van der Waals surface area (Å²) < 4.78 is 21.0. The molecule has 4 rings (SSSR count). The first-order valence-electron chi connectivity index (χ1n) is 9.69. The van der Waals surface area contributed by atoms with Gasteiger partial charge in [-0.1, -0.05) is 24.3 Å². The zero-order valence-corrected chi connectivity index (χ0v) is 16.9. The lowest BCUT2D eigenvalue weighted by molar-refractivity contribution is -0.116. The lowest BCUT2D eigenvalue weighted by atomic mass is 10.1. The number of benzene rings is 3. The van der Waals surface area contributed by atoms with Crippen LogP contribution >= 0.6 is 0 Å². The molecular formula is C24H22FN3O2. The van der Waals surface area contributed by atoms with Gasteiger partial charge in [-0.2, -0.15) is 0 Å². The van der Waals surface area contributed by atoms with E-state index in [9.17, 15) is 9.18 Å². The topological polar surface area (TPSA) is 56.2 Å². The van der Waals surface area contributed by atoms with Crippen molar-refractivity contribution in [2.45, 2.75) is 27.0 Å². The van der Waals surface area contributed by atoms with Gasteiger partial charge in [-0.3, -0.25) is 4.79 Å². The van der Waals surface area contributed by atoms with Crippen LogP contribution in [0.2, 0.25) is 0 Å². The van der Waals surface area contributed by atoms with E-state index in [1.807, 2.05) is 60.9 Å². The number of halogens is 1. The molecule has 0 saturated carbocycles. The number of nitrogens with zero attached hydrogens (tertiary/aromatic N) is 2. The Morgan fingerprint density at radius 3 is 2.63 bits per heavy atom. The fourth-order valence-corrected chi connectivity index (χ4v) is 3.29. The van der Waals surface area contributed by atoms with E-state index in [2.05, 4.69) is 10.3 Å². The van der Waals surface area contributed by atoms with Crippen molar-refractivity contribution >= 4 is 22.6 Å². The van der Waals surface area contributed by atoms with Crippen molar-refractivity contribution in [2.24, 2.45) is 0 Å². The number of amides is 1. The van der Waals surface area contributed by atoms with Crippen LogP contribution in [-0.4, -0.2) is 15.5 Å². The molecule has 5 nitrogen and oxygen atoms in total. The lowest BCUT2D eigenvalue weighted by Gasteiger charge is -2.12. The van der Waals surface area contributed by atoms with Crippen LogP contribution in [0, 0.1) is 19.7 Å². The Morgan fingerprint density at radius 2 is 1.83 bits per heavy atom. The van der Waals surface area contributed by atoms with Crippen molar-refractivity contribution in [1.29, 1.82) is 0 Å². The third kappa shape index (κ3) is 4.33. The highest BCUT2D eigenvalue weighted by Crippen LogP contribution is 2.22.